The van der Waals surface area contributed by atoms with E-state index in [2.05, 4.69) is 16.0 Å². The fourth-order valence-electron chi connectivity index (χ4n) is 1.99. The molecule has 0 aliphatic heterocycles. The predicted octanol–water partition coefficient (Wildman–Crippen LogP) is 2.85. The van der Waals surface area contributed by atoms with E-state index in [4.69, 9.17) is 5.26 Å². The van der Waals surface area contributed by atoms with Crippen LogP contribution in [0.3, 0.4) is 0 Å². The monoisotopic (exact) mass is 219 g/mol. The number of nitrogens with zero attached hydrogens (tertiary/aromatic N) is 3. The Morgan fingerprint density at radius 2 is 1.88 bits per heavy atom. The molecule has 3 nitrogen and oxygen atoms in total. The van der Waals surface area contributed by atoms with Gasteiger partial charge < -0.3 is 0 Å². The maximum Gasteiger partial charge on any atom is 0.0709 e. The van der Waals surface area contributed by atoms with E-state index in [1.807, 2.05) is 30.3 Å². The highest BCUT2D eigenvalue weighted by Gasteiger charge is 2.03. The molecule has 0 aliphatic carbocycles. The first-order chi connectivity index (χ1) is 8.38. The third-order valence-corrected chi connectivity index (χ3v) is 2.79. The highest BCUT2D eigenvalue weighted by molar-refractivity contribution is 6.04. The van der Waals surface area contributed by atoms with Crippen LogP contribution in [0, 0.1) is 11.3 Å². The van der Waals surface area contributed by atoms with Gasteiger partial charge in [-0.3, -0.25) is 9.97 Å². The van der Waals surface area contributed by atoms with Crippen LogP contribution in [0.5, 0.6) is 0 Å². The molecule has 2 heterocycles. The lowest BCUT2D eigenvalue weighted by Gasteiger charge is -2.03. The molecule has 0 amide bonds. The maximum atomic E-state index is 8.71. The number of aromatic nitrogens is 2. The quantitative estimate of drug-likeness (QED) is 0.591. The van der Waals surface area contributed by atoms with E-state index in [9.17, 15) is 0 Å². The second kappa shape index (κ2) is 3.84. The number of rotatable bonds is 1. The van der Waals surface area contributed by atoms with Gasteiger partial charge in [-0.1, -0.05) is 6.07 Å². The molecule has 0 saturated carbocycles. The first-order valence-electron chi connectivity index (χ1n) is 5.38. The Hall–Kier alpha value is -2.47. The number of nitriles is 1. The lowest BCUT2D eigenvalue weighted by Crippen LogP contribution is -1.87. The Balaban J connectivity index is 2.39. The molecule has 3 aromatic rings. The highest BCUT2D eigenvalue weighted by Crippen LogP contribution is 2.23. The Morgan fingerprint density at radius 1 is 1.06 bits per heavy atom. The van der Waals surface area contributed by atoms with Gasteiger partial charge in [-0.2, -0.15) is 5.26 Å². The molecule has 17 heavy (non-hydrogen) atoms. The van der Waals surface area contributed by atoms with Gasteiger partial charge in [0.25, 0.3) is 0 Å². The predicted molar refractivity (Wildman–Crippen MR) is 66.4 cm³/mol. The summed E-state index contributed by atoms with van der Waals surface area (Å²) in [4.78, 5) is 8.69. The van der Waals surface area contributed by atoms with Crippen molar-refractivity contribution in [1.29, 1.82) is 5.26 Å². The normalized spacial score (nSPS) is 10.5. The number of hydrogen-bond acceptors (Lipinski definition) is 3. The minimum atomic E-state index is 0.388. The summed E-state index contributed by atoms with van der Waals surface area (Å²) in [6.45, 7) is 0. The zero-order valence-corrected chi connectivity index (χ0v) is 9.09. The van der Waals surface area contributed by atoms with Crippen LogP contribution < -0.4 is 0 Å². The van der Waals surface area contributed by atoms with Crippen molar-refractivity contribution in [1.82, 2.24) is 9.97 Å². The van der Waals surface area contributed by atoms with E-state index >= 15 is 0 Å². The second-order valence-corrected chi connectivity index (χ2v) is 3.88. The van der Waals surface area contributed by atoms with Crippen molar-refractivity contribution in [3.63, 3.8) is 0 Å². The number of benzene rings is 1. The Labute approximate surface area is 98.4 Å². The van der Waals surface area contributed by atoms with Crippen molar-refractivity contribution in [3.8, 4) is 6.07 Å². The van der Waals surface area contributed by atoms with E-state index < -0.39 is 0 Å². The van der Waals surface area contributed by atoms with E-state index in [0.29, 0.717) is 6.42 Å². The molecule has 0 spiro atoms. The van der Waals surface area contributed by atoms with Gasteiger partial charge >= 0.3 is 0 Å². The molecule has 0 N–H and O–H groups in total. The van der Waals surface area contributed by atoms with Crippen LogP contribution in [0.2, 0.25) is 0 Å². The fraction of sp³-hybridized carbons (Fsp3) is 0.0714. The summed E-state index contributed by atoms with van der Waals surface area (Å²) < 4.78 is 0. The lowest BCUT2D eigenvalue weighted by atomic mass is 10.1. The number of fused-ring (bicyclic) bond motifs is 3. The van der Waals surface area contributed by atoms with E-state index in [1.54, 1.807) is 12.4 Å². The van der Waals surface area contributed by atoms with Crippen molar-refractivity contribution in [3.05, 3.63) is 48.3 Å². The number of hydrogen-bond donors (Lipinski definition) is 0. The maximum absolute atomic E-state index is 8.71. The molecule has 0 bridgehead atoms. The minimum absolute atomic E-state index is 0.388. The van der Waals surface area contributed by atoms with Gasteiger partial charge in [-0.05, 0) is 29.8 Å². The van der Waals surface area contributed by atoms with E-state index in [-0.39, 0.29) is 0 Å². The molecule has 80 valence electrons. The molecule has 0 fully saturated rings. The molecule has 0 saturated heterocycles. The van der Waals surface area contributed by atoms with Gasteiger partial charge in [-0.25, -0.2) is 0 Å². The van der Waals surface area contributed by atoms with E-state index in [0.717, 1.165) is 27.4 Å². The molecule has 3 rings (SSSR count). The SMILES string of the molecule is N#CCc1cnc2ccc3ncccc3c2c1. The van der Waals surface area contributed by atoms with Crippen molar-refractivity contribution >= 4 is 21.8 Å². The Bertz CT molecular complexity index is 741. The fourth-order valence-corrected chi connectivity index (χ4v) is 1.99. The molecule has 0 radical (unpaired) electrons. The molecule has 2 aromatic heterocycles. The average Bonchev–Trinajstić information content (AvgIpc) is 2.39. The zero-order valence-electron chi connectivity index (χ0n) is 9.09. The van der Waals surface area contributed by atoms with Crippen LogP contribution >= 0.6 is 0 Å². The van der Waals surface area contributed by atoms with Gasteiger partial charge in [0, 0.05) is 23.2 Å². The number of pyridine rings is 2. The average molecular weight is 219 g/mol. The van der Waals surface area contributed by atoms with Crippen molar-refractivity contribution in [2.45, 2.75) is 6.42 Å². The molecule has 0 aliphatic rings. The van der Waals surface area contributed by atoms with Crippen LogP contribution in [0.4, 0.5) is 0 Å². The van der Waals surface area contributed by atoms with Gasteiger partial charge in [0.2, 0.25) is 0 Å². The first-order valence-corrected chi connectivity index (χ1v) is 5.38. The molecule has 1 aromatic carbocycles. The molecule has 0 unspecified atom stereocenters. The van der Waals surface area contributed by atoms with Crippen molar-refractivity contribution in [2.75, 3.05) is 0 Å². The molecule has 0 atom stereocenters. The van der Waals surface area contributed by atoms with Crippen LogP contribution in [-0.2, 0) is 6.42 Å². The summed E-state index contributed by atoms with van der Waals surface area (Å²) in [5.74, 6) is 0. The van der Waals surface area contributed by atoms with Crippen molar-refractivity contribution < 1.29 is 0 Å². The summed E-state index contributed by atoms with van der Waals surface area (Å²) in [6.07, 6.45) is 3.92. The van der Waals surface area contributed by atoms with Gasteiger partial charge in [0.05, 0.1) is 23.5 Å². The van der Waals surface area contributed by atoms with E-state index in [1.165, 1.54) is 0 Å². The lowest BCUT2D eigenvalue weighted by molar-refractivity contribution is 1.22. The summed E-state index contributed by atoms with van der Waals surface area (Å²) in [5, 5.41) is 10.9. The largest absolute Gasteiger partial charge is 0.256 e. The third-order valence-electron chi connectivity index (χ3n) is 2.79. The second-order valence-electron chi connectivity index (χ2n) is 3.88. The smallest absolute Gasteiger partial charge is 0.0709 e. The minimum Gasteiger partial charge on any atom is -0.256 e. The standard InChI is InChI=1S/C14H9N3/c15-6-5-10-8-12-11-2-1-7-16-13(11)3-4-14(12)17-9-10/h1-4,7-9H,5H2. The summed E-state index contributed by atoms with van der Waals surface area (Å²) in [5.41, 5.74) is 2.83. The summed E-state index contributed by atoms with van der Waals surface area (Å²) in [6, 6.07) is 12.0. The summed E-state index contributed by atoms with van der Waals surface area (Å²) in [7, 11) is 0. The van der Waals surface area contributed by atoms with Crippen LogP contribution in [0.25, 0.3) is 21.8 Å². The Morgan fingerprint density at radius 3 is 2.71 bits per heavy atom. The molecular formula is C14H9N3. The van der Waals surface area contributed by atoms with Gasteiger partial charge in [0.1, 0.15) is 0 Å². The topological polar surface area (TPSA) is 49.6 Å². The third kappa shape index (κ3) is 1.60. The van der Waals surface area contributed by atoms with Crippen LogP contribution in [0.1, 0.15) is 5.56 Å². The highest BCUT2D eigenvalue weighted by atomic mass is 14.7. The zero-order chi connectivity index (χ0) is 11.7. The van der Waals surface area contributed by atoms with Crippen LogP contribution in [-0.4, -0.2) is 9.97 Å². The Kier molecular flexibility index (Phi) is 2.20. The molecular weight excluding hydrogens is 210 g/mol. The van der Waals surface area contributed by atoms with Crippen molar-refractivity contribution in [2.24, 2.45) is 0 Å². The van der Waals surface area contributed by atoms with Crippen LogP contribution in [0.15, 0.2) is 42.7 Å². The molecule has 3 heteroatoms. The van der Waals surface area contributed by atoms with Gasteiger partial charge in [0.15, 0.2) is 0 Å². The van der Waals surface area contributed by atoms with Gasteiger partial charge in [-0.15, -0.1) is 0 Å². The first kappa shape index (κ1) is 9.73. The summed E-state index contributed by atoms with van der Waals surface area (Å²) >= 11 is 0.